The summed E-state index contributed by atoms with van der Waals surface area (Å²) in [6.45, 7) is 0. The van der Waals surface area contributed by atoms with E-state index in [0.29, 0.717) is 22.8 Å². The van der Waals surface area contributed by atoms with Crippen molar-refractivity contribution in [2.45, 2.75) is 0 Å². The number of carbonyl (C=O) groups is 2. The van der Waals surface area contributed by atoms with Crippen LogP contribution in [-0.2, 0) is 4.79 Å². The molecule has 0 aliphatic rings. The highest BCUT2D eigenvalue weighted by atomic mass is 16.4. The molecule has 1 heterocycles. The van der Waals surface area contributed by atoms with Crippen LogP contribution in [0.15, 0.2) is 88.9 Å². The second kappa shape index (κ2) is 8.39. The van der Waals surface area contributed by atoms with Gasteiger partial charge in [0.2, 0.25) is 0 Å². The van der Waals surface area contributed by atoms with Crippen LogP contribution in [-0.4, -0.2) is 17.0 Å². The molecule has 31 heavy (non-hydrogen) atoms. The minimum atomic E-state index is -1.04. The Kier molecular flexibility index (Phi) is 5.33. The molecule has 6 nitrogen and oxygen atoms in total. The number of fused-ring (bicyclic) bond motifs is 1. The van der Waals surface area contributed by atoms with Crippen LogP contribution in [0.2, 0.25) is 0 Å². The number of carboxylic acids is 1. The van der Waals surface area contributed by atoms with Crippen molar-refractivity contribution in [2.75, 3.05) is 5.32 Å². The van der Waals surface area contributed by atoms with Gasteiger partial charge in [0.15, 0.2) is 0 Å². The molecule has 0 saturated heterocycles. The first-order valence-electron chi connectivity index (χ1n) is 9.39. The van der Waals surface area contributed by atoms with Crippen molar-refractivity contribution in [1.29, 1.82) is 5.26 Å². The molecule has 0 aliphatic heterocycles. The van der Waals surface area contributed by atoms with Gasteiger partial charge in [-0.3, -0.25) is 4.79 Å². The Morgan fingerprint density at radius 2 is 1.74 bits per heavy atom. The highest BCUT2D eigenvalue weighted by Gasteiger charge is 2.13. The monoisotopic (exact) mass is 408 g/mol. The second-order valence-corrected chi connectivity index (χ2v) is 6.77. The number of rotatable bonds is 5. The summed E-state index contributed by atoms with van der Waals surface area (Å²) in [4.78, 5) is 23.7. The number of benzene rings is 3. The van der Waals surface area contributed by atoms with Crippen LogP contribution in [0.4, 0.5) is 5.69 Å². The molecule has 0 radical (unpaired) electrons. The number of furan rings is 1. The Morgan fingerprint density at radius 3 is 2.52 bits per heavy atom. The molecule has 0 aliphatic carbocycles. The van der Waals surface area contributed by atoms with E-state index < -0.39 is 11.9 Å². The first-order chi connectivity index (χ1) is 15.0. The molecule has 0 unspecified atom stereocenters. The van der Waals surface area contributed by atoms with E-state index >= 15 is 0 Å². The summed E-state index contributed by atoms with van der Waals surface area (Å²) in [6, 6.07) is 24.7. The first-order valence-corrected chi connectivity index (χ1v) is 9.39. The Hall–Kier alpha value is -4.63. The molecule has 150 valence electrons. The van der Waals surface area contributed by atoms with Crippen LogP contribution >= 0.6 is 0 Å². The number of aromatic carboxylic acids is 1. The zero-order valence-corrected chi connectivity index (χ0v) is 16.2. The third kappa shape index (κ3) is 4.36. The van der Waals surface area contributed by atoms with Crippen molar-refractivity contribution in [2.24, 2.45) is 0 Å². The van der Waals surface area contributed by atoms with Gasteiger partial charge in [-0.2, -0.15) is 5.26 Å². The molecule has 6 heteroatoms. The predicted molar refractivity (Wildman–Crippen MR) is 117 cm³/mol. The van der Waals surface area contributed by atoms with Crippen LogP contribution in [0.5, 0.6) is 0 Å². The molecule has 0 saturated carbocycles. The molecule has 0 spiro atoms. The van der Waals surface area contributed by atoms with Gasteiger partial charge in [-0.25, -0.2) is 4.79 Å². The molecule has 2 N–H and O–H groups in total. The smallest absolute Gasteiger partial charge is 0.335 e. The third-order valence-electron chi connectivity index (χ3n) is 4.68. The third-order valence-corrected chi connectivity index (χ3v) is 4.68. The van der Waals surface area contributed by atoms with E-state index in [1.54, 1.807) is 30.3 Å². The molecule has 4 aromatic rings. The number of amides is 1. The van der Waals surface area contributed by atoms with Gasteiger partial charge in [0.1, 0.15) is 23.2 Å². The van der Waals surface area contributed by atoms with Crippen molar-refractivity contribution in [3.63, 3.8) is 0 Å². The SMILES string of the molecule is N#C/C(=C\c1ccc(-c2cccc(C(=O)O)c2)o1)C(=O)Nc1ccc2ccccc2c1. The lowest BCUT2D eigenvalue weighted by molar-refractivity contribution is -0.112. The molecule has 1 amide bonds. The fourth-order valence-corrected chi connectivity index (χ4v) is 3.15. The van der Waals surface area contributed by atoms with Gasteiger partial charge >= 0.3 is 5.97 Å². The zero-order valence-electron chi connectivity index (χ0n) is 16.2. The van der Waals surface area contributed by atoms with E-state index in [4.69, 9.17) is 9.52 Å². The number of nitriles is 1. The normalized spacial score (nSPS) is 11.1. The van der Waals surface area contributed by atoms with Gasteiger partial charge in [-0.05, 0) is 47.2 Å². The molecule has 0 bridgehead atoms. The molecule has 0 fully saturated rings. The topological polar surface area (TPSA) is 103 Å². The molecule has 1 aromatic heterocycles. The molecule has 0 atom stereocenters. The molecular weight excluding hydrogens is 392 g/mol. The maximum Gasteiger partial charge on any atom is 0.335 e. The Bertz CT molecular complexity index is 1380. The fourth-order valence-electron chi connectivity index (χ4n) is 3.15. The van der Waals surface area contributed by atoms with E-state index in [2.05, 4.69) is 5.32 Å². The van der Waals surface area contributed by atoms with Gasteiger partial charge in [-0.1, -0.05) is 42.5 Å². The highest BCUT2D eigenvalue weighted by molar-refractivity contribution is 6.10. The van der Waals surface area contributed by atoms with Crippen molar-refractivity contribution >= 4 is 34.4 Å². The summed E-state index contributed by atoms with van der Waals surface area (Å²) in [6.07, 6.45) is 1.35. The van der Waals surface area contributed by atoms with Crippen molar-refractivity contribution in [1.82, 2.24) is 0 Å². The predicted octanol–water partition coefficient (Wildman–Crippen LogP) is 5.34. The average molecular weight is 408 g/mol. The van der Waals surface area contributed by atoms with Crippen molar-refractivity contribution in [3.05, 3.63) is 95.8 Å². The zero-order chi connectivity index (χ0) is 21.8. The lowest BCUT2D eigenvalue weighted by Gasteiger charge is -2.05. The first kappa shape index (κ1) is 19.7. The quantitative estimate of drug-likeness (QED) is 0.342. The summed E-state index contributed by atoms with van der Waals surface area (Å²) < 4.78 is 5.69. The minimum absolute atomic E-state index is 0.117. The number of nitrogens with zero attached hydrogens (tertiary/aromatic N) is 1. The van der Waals surface area contributed by atoms with E-state index in [-0.39, 0.29) is 11.1 Å². The van der Waals surface area contributed by atoms with Gasteiger partial charge in [0.05, 0.1) is 5.56 Å². The Morgan fingerprint density at radius 1 is 0.935 bits per heavy atom. The van der Waals surface area contributed by atoms with Gasteiger partial charge in [0.25, 0.3) is 5.91 Å². The van der Waals surface area contributed by atoms with E-state index in [1.165, 1.54) is 18.2 Å². The second-order valence-electron chi connectivity index (χ2n) is 6.77. The highest BCUT2D eigenvalue weighted by Crippen LogP contribution is 2.25. The number of hydrogen-bond acceptors (Lipinski definition) is 4. The Labute approximate surface area is 177 Å². The van der Waals surface area contributed by atoms with Crippen LogP contribution in [0.25, 0.3) is 28.2 Å². The molecule has 4 rings (SSSR count). The summed E-state index contributed by atoms with van der Waals surface area (Å²) in [5.41, 5.74) is 1.18. The lowest BCUT2D eigenvalue weighted by Crippen LogP contribution is -2.13. The minimum Gasteiger partial charge on any atom is -0.478 e. The van der Waals surface area contributed by atoms with Crippen LogP contribution < -0.4 is 5.32 Å². The van der Waals surface area contributed by atoms with E-state index in [9.17, 15) is 14.9 Å². The maximum atomic E-state index is 12.6. The number of nitrogens with one attached hydrogen (secondary N) is 1. The van der Waals surface area contributed by atoms with Crippen molar-refractivity contribution < 1.29 is 19.1 Å². The van der Waals surface area contributed by atoms with Crippen LogP contribution in [0.1, 0.15) is 16.1 Å². The number of carbonyl (C=O) groups excluding carboxylic acids is 1. The van der Waals surface area contributed by atoms with E-state index in [0.717, 1.165) is 10.8 Å². The summed E-state index contributed by atoms with van der Waals surface area (Å²) in [7, 11) is 0. The Balaban J connectivity index is 1.55. The number of anilines is 1. The summed E-state index contributed by atoms with van der Waals surface area (Å²) >= 11 is 0. The van der Waals surface area contributed by atoms with Crippen LogP contribution in [0, 0.1) is 11.3 Å². The van der Waals surface area contributed by atoms with Gasteiger partial charge in [-0.15, -0.1) is 0 Å². The van der Waals surface area contributed by atoms with Crippen LogP contribution in [0.3, 0.4) is 0 Å². The summed E-state index contributed by atoms with van der Waals surface area (Å²) in [5.74, 6) is -0.850. The molecular formula is C25H16N2O4. The number of carboxylic acid groups (broad SMARTS) is 1. The fraction of sp³-hybridized carbons (Fsp3) is 0. The van der Waals surface area contributed by atoms with Crippen molar-refractivity contribution in [3.8, 4) is 17.4 Å². The summed E-state index contributed by atoms with van der Waals surface area (Å²) in [5, 5.41) is 23.3. The maximum absolute atomic E-state index is 12.6. The number of hydrogen-bond donors (Lipinski definition) is 2. The lowest BCUT2D eigenvalue weighted by atomic mass is 10.1. The van der Waals surface area contributed by atoms with E-state index in [1.807, 2.05) is 42.5 Å². The largest absolute Gasteiger partial charge is 0.478 e. The molecule has 3 aromatic carbocycles. The standard InChI is InChI=1S/C25H16N2O4/c26-15-20(24(28)27-21-9-8-16-4-1-2-5-17(16)13-21)14-22-10-11-23(31-22)18-6-3-7-19(12-18)25(29)30/h1-14H,(H,27,28)(H,29,30)/b20-14+. The average Bonchev–Trinajstić information content (AvgIpc) is 3.26. The van der Waals surface area contributed by atoms with Gasteiger partial charge < -0.3 is 14.8 Å². The van der Waals surface area contributed by atoms with Gasteiger partial charge in [0, 0.05) is 17.3 Å².